The number of ether oxygens (including phenoxy) is 1. The molecule has 6 nitrogen and oxygen atoms in total. The molecule has 0 spiro atoms. The minimum absolute atomic E-state index is 0.112. The van der Waals surface area contributed by atoms with Crippen LogP contribution in [0.2, 0.25) is 0 Å². The van der Waals surface area contributed by atoms with Gasteiger partial charge in [0, 0.05) is 24.6 Å². The highest BCUT2D eigenvalue weighted by molar-refractivity contribution is 5.97. The number of carbonyl (C=O) groups is 3. The van der Waals surface area contributed by atoms with Crippen LogP contribution in [0.15, 0.2) is 65.9 Å². The van der Waals surface area contributed by atoms with Crippen molar-refractivity contribution in [1.82, 2.24) is 10.2 Å². The first kappa shape index (κ1) is 22.3. The molecule has 0 unspecified atom stereocenters. The second-order valence-electron chi connectivity index (χ2n) is 7.63. The molecule has 0 aromatic heterocycles. The van der Waals surface area contributed by atoms with E-state index in [1.165, 1.54) is 4.90 Å². The lowest BCUT2D eigenvalue weighted by Gasteiger charge is -2.34. The number of hydrogen-bond acceptors (Lipinski definition) is 4. The molecule has 1 aliphatic rings. The van der Waals surface area contributed by atoms with Crippen LogP contribution in [0.25, 0.3) is 0 Å². The number of rotatable bonds is 7. The Balaban J connectivity index is 1.84. The molecule has 0 aliphatic carbocycles. The Kier molecular flexibility index (Phi) is 7.23. The molecule has 0 fully saturated rings. The van der Waals surface area contributed by atoms with Crippen molar-refractivity contribution in [3.8, 4) is 0 Å². The topological polar surface area (TPSA) is 75.7 Å². The van der Waals surface area contributed by atoms with E-state index in [2.05, 4.69) is 5.32 Å². The summed E-state index contributed by atoms with van der Waals surface area (Å²) in [7, 11) is 0. The van der Waals surface area contributed by atoms with Crippen LogP contribution in [-0.2, 0) is 25.7 Å². The minimum Gasteiger partial charge on any atom is -0.463 e. The van der Waals surface area contributed by atoms with Gasteiger partial charge in [-0.15, -0.1) is 0 Å². The Bertz CT molecular complexity index is 998. The summed E-state index contributed by atoms with van der Waals surface area (Å²) in [4.78, 5) is 39.7. The van der Waals surface area contributed by atoms with Crippen LogP contribution in [0.5, 0.6) is 0 Å². The lowest BCUT2D eigenvalue weighted by molar-refractivity contribution is -0.141. The van der Waals surface area contributed by atoms with Gasteiger partial charge in [0.2, 0.25) is 11.8 Å². The average molecular weight is 421 g/mol. The Morgan fingerprint density at radius 2 is 1.84 bits per heavy atom. The molecular weight excluding hydrogens is 392 g/mol. The predicted octanol–water partition coefficient (Wildman–Crippen LogP) is 3.46. The highest BCUT2D eigenvalue weighted by Crippen LogP contribution is 2.37. The molecule has 3 rings (SSSR count). The molecule has 0 saturated carbocycles. The van der Waals surface area contributed by atoms with Crippen LogP contribution >= 0.6 is 0 Å². The molecule has 31 heavy (non-hydrogen) atoms. The van der Waals surface area contributed by atoms with Crippen molar-refractivity contribution in [3.05, 3.63) is 82.6 Å². The van der Waals surface area contributed by atoms with Crippen LogP contribution < -0.4 is 5.32 Å². The maximum Gasteiger partial charge on any atom is 0.336 e. The molecule has 2 aromatic carbocycles. The maximum absolute atomic E-state index is 13.0. The molecule has 1 heterocycles. The number of esters is 1. The first-order chi connectivity index (χ1) is 14.9. The standard InChI is InChI=1S/C25H28N2O4/c1-4-31-25(30)24-18(3)27(16-22(28)26-15-19-10-6-5-7-11-19)23(29)14-21(24)20-12-8-9-17(2)13-20/h5-13,21H,4,14-16H2,1-3H3,(H,26,28)/t21-/m0/s1. The smallest absolute Gasteiger partial charge is 0.336 e. The van der Waals surface area contributed by atoms with Crippen LogP contribution in [0.3, 0.4) is 0 Å². The fourth-order valence-corrected chi connectivity index (χ4v) is 3.84. The van der Waals surface area contributed by atoms with E-state index in [4.69, 9.17) is 4.74 Å². The molecule has 1 aliphatic heterocycles. The third kappa shape index (κ3) is 5.40. The van der Waals surface area contributed by atoms with Gasteiger partial charge in [-0.3, -0.25) is 9.59 Å². The number of hydrogen-bond donors (Lipinski definition) is 1. The number of allylic oxidation sites excluding steroid dienone is 1. The zero-order valence-electron chi connectivity index (χ0n) is 18.2. The molecule has 1 N–H and O–H groups in total. The van der Waals surface area contributed by atoms with Crippen LogP contribution in [-0.4, -0.2) is 35.8 Å². The molecule has 0 radical (unpaired) electrons. The summed E-state index contributed by atoms with van der Waals surface area (Å²) in [6.45, 7) is 5.90. The second kappa shape index (κ2) is 10.1. The summed E-state index contributed by atoms with van der Waals surface area (Å²) < 4.78 is 5.29. The van der Waals surface area contributed by atoms with Gasteiger partial charge >= 0.3 is 5.97 Å². The second-order valence-corrected chi connectivity index (χ2v) is 7.63. The average Bonchev–Trinajstić information content (AvgIpc) is 2.75. The Hall–Kier alpha value is -3.41. The zero-order valence-corrected chi connectivity index (χ0v) is 18.2. The third-order valence-corrected chi connectivity index (χ3v) is 5.40. The summed E-state index contributed by atoms with van der Waals surface area (Å²) in [6, 6.07) is 17.3. The lowest BCUT2D eigenvalue weighted by Crippen LogP contribution is -2.44. The van der Waals surface area contributed by atoms with Gasteiger partial charge in [0.15, 0.2) is 0 Å². The van der Waals surface area contributed by atoms with Crippen molar-refractivity contribution in [3.63, 3.8) is 0 Å². The summed E-state index contributed by atoms with van der Waals surface area (Å²) >= 11 is 0. The first-order valence-electron chi connectivity index (χ1n) is 10.5. The van der Waals surface area contributed by atoms with E-state index in [1.807, 2.05) is 61.5 Å². The van der Waals surface area contributed by atoms with Crippen LogP contribution in [0, 0.1) is 6.92 Å². The lowest BCUT2D eigenvalue weighted by atomic mass is 9.83. The normalized spacial score (nSPS) is 16.3. The van der Waals surface area contributed by atoms with E-state index in [1.54, 1.807) is 13.8 Å². The fraction of sp³-hybridized carbons (Fsp3) is 0.320. The van der Waals surface area contributed by atoms with Crippen molar-refractivity contribution in [2.75, 3.05) is 13.2 Å². The minimum atomic E-state index is -0.450. The Morgan fingerprint density at radius 3 is 2.52 bits per heavy atom. The van der Waals surface area contributed by atoms with Gasteiger partial charge < -0.3 is 15.0 Å². The van der Waals surface area contributed by atoms with Gasteiger partial charge in [0.05, 0.1) is 12.2 Å². The SMILES string of the molecule is CCOC(=O)C1=C(C)N(CC(=O)NCc2ccccc2)C(=O)C[C@H]1c1cccc(C)c1. The number of aryl methyl sites for hydroxylation is 1. The molecule has 162 valence electrons. The molecule has 2 aromatic rings. The number of benzene rings is 2. The van der Waals surface area contributed by atoms with E-state index in [-0.39, 0.29) is 31.4 Å². The van der Waals surface area contributed by atoms with E-state index >= 15 is 0 Å². The van der Waals surface area contributed by atoms with E-state index < -0.39 is 11.9 Å². The Morgan fingerprint density at radius 1 is 1.10 bits per heavy atom. The van der Waals surface area contributed by atoms with Crippen molar-refractivity contribution in [1.29, 1.82) is 0 Å². The quantitative estimate of drug-likeness (QED) is 0.696. The monoisotopic (exact) mass is 420 g/mol. The highest BCUT2D eigenvalue weighted by Gasteiger charge is 2.37. The molecule has 2 amide bonds. The molecule has 6 heteroatoms. The fourth-order valence-electron chi connectivity index (χ4n) is 3.84. The summed E-state index contributed by atoms with van der Waals surface area (Å²) in [5, 5.41) is 2.84. The van der Waals surface area contributed by atoms with Crippen molar-refractivity contribution in [2.45, 2.75) is 39.7 Å². The first-order valence-corrected chi connectivity index (χ1v) is 10.5. The maximum atomic E-state index is 13.0. The van der Waals surface area contributed by atoms with Gasteiger partial charge in [-0.2, -0.15) is 0 Å². The summed E-state index contributed by atoms with van der Waals surface area (Å²) in [5.41, 5.74) is 3.82. The molecular formula is C25H28N2O4. The van der Waals surface area contributed by atoms with Crippen molar-refractivity contribution >= 4 is 17.8 Å². The highest BCUT2D eigenvalue weighted by atomic mass is 16.5. The molecule has 1 atom stereocenters. The van der Waals surface area contributed by atoms with E-state index in [9.17, 15) is 14.4 Å². The number of carbonyl (C=O) groups excluding carboxylic acids is 3. The van der Waals surface area contributed by atoms with Gasteiger partial charge in [0.25, 0.3) is 0 Å². The van der Waals surface area contributed by atoms with Crippen LogP contribution in [0.4, 0.5) is 0 Å². The zero-order chi connectivity index (χ0) is 22.4. The van der Waals surface area contributed by atoms with Gasteiger partial charge in [-0.25, -0.2) is 4.79 Å². The van der Waals surface area contributed by atoms with E-state index in [0.29, 0.717) is 17.8 Å². The van der Waals surface area contributed by atoms with Gasteiger partial charge in [-0.1, -0.05) is 60.2 Å². The largest absolute Gasteiger partial charge is 0.463 e. The Labute approximate surface area is 182 Å². The van der Waals surface area contributed by atoms with Crippen molar-refractivity contribution in [2.24, 2.45) is 0 Å². The van der Waals surface area contributed by atoms with Gasteiger partial charge in [0.1, 0.15) is 6.54 Å². The van der Waals surface area contributed by atoms with Crippen LogP contribution in [0.1, 0.15) is 42.9 Å². The number of nitrogens with one attached hydrogen (secondary N) is 1. The molecule has 0 saturated heterocycles. The number of amides is 2. The van der Waals surface area contributed by atoms with Crippen molar-refractivity contribution < 1.29 is 19.1 Å². The summed E-state index contributed by atoms with van der Waals surface area (Å²) in [6.07, 6.45) is 0.112. The predicted molar refractivity (Wildman–Crippen MR) is 118 cm³/mol. The third-order valence-electron chi connectivity index (χ3n) is 5.40. The van der Waals surface area contributed by atoms with Gasteiger partial charge in [-0.05, 0) is 31.9 Å². The number of nitrogens with zero attached hydrogens (tertiary/aromatic N) is 1. The molecule has 0 bridgehead atoms. The summed E-state index contributed by atoms with van der Waals surface area (Å²) in [5.74, 6) is -1.32. The van der Waals surface area contributed by atoms with E-state index in [0.717, 1.165) is 16.7 Å².